The number of pyridine rings is 2. The molecule has 0 radical (unpaired) electrons. The molecule has 3 aromatic rings. The predicted molar refractivity (Wildman–Crippen MR) is 125 cm³/mol. The van der Waals surface area contributed by atoms with Gasteiger partial charge in [-0.1, -0.05) is 18.2 Å². The minimum absolute atomic E-state index is 0. The number of amides is 1. The number of carbonyl (C=O) groups is 1. The van der Waals surface area contributed by atoms with Gasteiger partial charge in [0.1, 0.15) is 12.4 Å². The number of aromatic nitrogens is 2. The summed E-state index contributed by atoms with van der Waals surface area (Å²) in [6.07, 6.45) is 5.29. The van der Waals surface area contributed by atoms with Crippen molar-refractivity contribution in [3.05, 3.63) is 89.5 Å². The summed E-state index contributed by atoms with van der Waals surface area (Å²) >= 11 is 0. The van der Waals surface area contributed by atoms with Crippen LogP contribution >= 0.6 is 24.8 Å². The Morgan fingerprint density at radius 1 is 1.16 bits per heavy atom. The van der Waals surface area contributed by atoms with Gasteiger partial charge in [-0.25, -0.2) is 0 Å². The Kier molecular flexibility index (Phi) is 9.24. The van der Waals surface area contributed by atoms with E-state index in [4.69, 9.17) is 4.74 Å². The van der Waals surface area contributed by atoms with Gasteiger partial charge in [0.25, 0.3) is 5.91 Å². The van der Waals surface area contributed by atoms with Crippen molar-refractivity contribution in [1.82, 2.24) is 20.2 Å². The number of hydrogen-bond acceptors (Lipinski definition) is 5. The van der Waals surface area contributed by atoms with E-state index in [2.05, 4.69) is 15.3 Å². The van der Waals surface area contributed by atoms with Crippen LogP contribution in [0.25, 0.3) is 0 Å². The molecule has 1 amide bonds. The normalized spacial score (nSPS) is 15.4. The fourth-order valence-corrected chi connectivity index (χ4v) is 3.48. The van der Waals surface area contributed by atoms with E-state index in [1.165, 1.54) is 0 Å². The lowest BCUT2D eigenvalue weighted by molar-refractivity contribution is 0.0634. The van der Waals surface area contributed by atoms with Gasteiger partial charge in [0.15, 0.2) is 0 Å². The van der Waals surface area contributed by atoms with Gasteiger partial charge in [-0.3, -0.25) is 14.8 Å². The summed E-state index contributed by atoms with van der Waals surface area (Å²) in [5, 5.41) is 3.38. The summed E-state index contributed by atoms with van der Waals surface area (Å²) in [7, 11) is 0. The highest BCUT2D eigenvalue weighted by Crippen LogP contribution is 2.24. The van der Waals surface area contributed by atoms with Crippen LogP contribution < -0.4 is 10.1 Å². The molecule has 0 spiro atoms. The zero-order valence-corrected chi connectivity index (χ0v) is 18.9. The minimum Gasteiger partial charge on any atom is -0.487 e. The summed E-state index contributed by atoms with van der Waals surface area (Å²) in [5.74, 6) is 0.741. The first-order valence-electron chi connectivity index (χ1n) is 9.77. The Hall–Kier alpha value is -2.67. The number of carbonyl (C=O) groups excluding carboxylic acids is 1. The van der Waals surface area contributed by atoms with Gasteiger partial charge in [-0.05, 0) is 48.4 Å². The molecule has 1 aliphatic heterocycles. The molecule has 6 nitrogen and oxygen atoms in total. The van der Waals surface area contributed by atoms with Crippen molar-refractivity contribution >= 4 is 30.7 Å². The van der Waals surface area contributed by atoms with Crippen molar-refractivity contribution in [3.63, 3.8) is 0 Å². The minimum atomic E-state index is -0.0245. The number of rotatable bonds is 5. The molecule has 2 aromatic heterocycles. The van der Waals surface area contributed by atoms with Crippen LogP contribution in [0, 0.1) is 6.92 Å². The Morgan fingerprint density at radius 2 is 2.03 bits per heavy atom. The number of aryl methyl sites for hydroxylation is 1. The summed E-state index contributed by atoms with van der Waals surface area (Å²) in [6.45, 7) is 4.49. The van der Waals surface area contributed by atoms with E-state index < -0.39 is 0 Å². The molecule has 3 heterocycles. The van der Waals surface area contributed by atoms with Crippen molar-refractivity contribution < 1.29 is 9.53 Å². The fourth-order valence-electron chi connectivity index (χ4n) is 3.48. The molecule has 0 bridgehead atoms. The highest BCUT2D eigenvalue weighted by atomic mass is 35.5. The third-order valence-corrected chi connectivity index (χ3v) is 5.04. The van der Waals surface area contributed by atoms with Gasteiger partial charge < -0.3 is 15.0 Å². The SMILES string of the molecule is Cc1ccc(OCc2cccc(C(=O)N3CCNCC3c3cccnc3)c2)cn1.Cl.Cl. The van der Waals surface area contributed by atoms with Crippen molar-refractivity contribution in [1.29, 1.82) is 0 Å². The summed E-state index contributed by atoms with van der Waals surface area (Å²) in [4.78, 5) is 23.7. The Balaban J connectivity index is 0.00000171. The van der Waals surface area contributed by atoms with E-state index in [1.54, 1.807) is 12.4 Å². The lowest BCUT2D eigenvalue weighted by Crippen LogP contribution is -2.48. The lowest BCUT2D eigenvalue weighted by Gasteiger charge is -2.36. The van der Waals surface area contributed by atoms with Crippen LogP contribution in [0.15, 0.2) is 67.1 Å². The maximum atomic E-state index is 13.3. The smallest absolute Gasteiger partial charge is 0.254 e. The number of nitrogens with zero attached hydrogens (tertiary/aromatic N) is 3. The van der Waals surface area contributed by atoms with Crippen LogP contribution in [-0.4, -0.2) is 40.4 Å². The quantitative estimate of drug-likeness (QED) is 0.623. The first-order valence-corrected chi connectivity index (χ1v) is 9.77. The molecule has 1 unspecified atom stereocenters. The first kappa shape index (κ1) is 24.6. The van der Waals surface area contributed by atoms with E-state index in [9.17, 15) is 4.79 Å². The van der Waals surface area contributed by atoms with Crippen molar-refractivity contribution in [2.45, 2.75) is 19.6 Å². The number of benzene rings is 1. The average Bonchev–Trinajstić information content (AvgIpc) is 2.79. The molecule has 31 heavy (non-hydrogen) atoms. The first-order chi connectivity index (χ1) is 14.2. The zero-order valence-electron chi connectivity index (χ0n) is 17.2. The highest BCUT2D eigenvalue weighted by molar-refractivity contribution is 5.94. The van der Waals surface area contributed by atoms with Gasteiger partial charge in [0.05, 0.1) is 12.2 Å². The van der Waals surface area contributed by atoms with Crippen LogP contribution in [0.5, 0.6) is 5.75 Å². The van der Waals surface area contributed by atoms with Gasteiger partial charge in [-0.2, -0.15) is 0 Å². The Labute approximate surface area is 194 Å². The van der Waals surface area contributed by atoms with E-state index >= 15 is 0 Å². The number of hydrogen-bond donors (Lipinski definition) is 1. The molecule has 1 aliphatic rings. The molecule has 1 atom stereocenters. The second-order valence-corrected chi connectivity index (χ2v) is 7.13. The van der Waals surface area contributed by atoms with Gasteiger partial charge in [0.2, 0.25) is 0 Å². The lowest BCUT2D eigenvalue weighted by atomic mass is 10.0. The average molecular weight is 461 g/mol. The molecule has 1 saturated heterocycles. The third kappa shape index (κ3) is 6.17. The van der Waals surface area contributed by atoms with Crippen LogP contribution in [0.3, 0.4) is 0 Å². The second kappa shape index (κ2) is 11.6. The zero-order chi connectivity index (χ0) is 20.1. The topological polar surface area (TPSA) is 67.3 Å². The molecule has 0 saturated carbocycles. The monoisotopic (exact) mass is 460 g/mol. The maximum Gasteiger partial charge on any atom is 0.254 e. The van der Waals surface area contributed by atoms with Crippen LogP contribution in [0.2, 0.25) is 0 Å². The standard InChI is InChI=1S/C23H24N4O2.2ClH/c1-17-7-8-21(14-26-17)29-16-18-4-2-5-19(12-18)23(28)27-11-10-25-15-22(27)20-6-3-9-24-13-20;;/h2-9,12-14,22,25H,10-11,15-16H2,1H3;2*1H. The molecular weight excluding hydrogens is 435 g/mol. The largest absolute Gasteiger partial charge is 0.487 e. The number of halogens is 2. The molecule has 4 rings (SSSR count). The molecule has 1 N–H and O–H groups in total. The fraction of sp³-hybridized carbons (Fsp3) is 0.261. The van der Waals surface area contributed by atoms with E-state index in [-0.39, 0.29) is 36.8 Å². The van der Waals surface area contributed by atoms with Crippen LogP contribution in [-0.2, 0) is 6.61 Å². The van der Waals surface area contributed by atoms with E-state index in [0.717, 1.165) is 29.9 Å². The highest BCUT2D eigenvalue weighted by Gasteiger charge is 2.28. The molecular formula is C23H26Cl2N4O2. The second-order valence-electron chi connectivity index (χ2n) is 7.13. The summed E-state index contributed by atoms with van der Waals surface area (Å²) in [5.41, 5.74) is 3.61. The van der Waals surface area contributed by atoms with E-state index in [0.29, 0.717) is 24.5 Å². The van der Waals surface area contributed by atoms with Crippen LogP contribution in [0.4, 0.5) is 0 Å². The van der Waals surface area contributed by atoms with Gasteiger partial charge in [-0.15, -0.1) is 24.8 Å². The maximum absolute atomic E-state index is 13.3. The van der Waals surface area contributed by atoms with E-state index in [1.807, 2.05) is 66.6 Å². The Morgan fingerprint density at radius 3 is 2.77 bits per heavy atom. The van der Waals surface area contributed by atoms with Crippen molar-refractivity contribution in [2.24, 2.45) is 0 Å². The molecule has 1 fully saturated rings. The predicted octanol–water partition coefficient (Wildman–Crippen LogP) is 3.99. The third-order valence-electron chi connectivity index (χ3n) is 5.04. The number of nitrogens with one attached hydrogen (secondary N) is 1. The number of piperazine rings is 1. The van der Waals surface area contributed by atoms with Gasteiger partial charge in [0, 0.05) is 43.3 Å². The van der Waals surface area contributed by atoms with Crippen molar-refractivity contribution in [2.75, 3.05) is 19.6 Å². The Bertz CT molecular complexity index is 971. The molecule has 1 aromatic carbocycles. The molecule has 164 valence electrons. The summed E-state index contributed by atoms with van der Waals surface area (Å²) < 4.78 is 5.81. The molecule has 8 heteroatoms. The number of ether oxygens (including phenoxy) is 1. The summed E-state index contributed by atoms with van der Waals surface area (Å²) in [6, 6.07) is 15.4. The van der Waals surface area contributed by atoms with Gasteiger partial charge >= 0.3 is 0 Å². The van der Waals surface area contributed by atoms with Crippen molar-refractivity contribution in [3.8, 4) is 5.75 Å². The molecule has 0 aliphatic carbocycles. The van der Waals surface area contributed by atoms with Crippen LogP contribution in [0.1, 0.15) is 33.2 Å².